The maximum absolute atomic E-state index is 13.0. The van der Waals surface area contributed by atoms with E-state index in [0.717, 1.165) is 121 Å². The summed E-state index contributed by atoms with van der Waals surface area (Å²) in [5.41, 5.74) is 0. The van der Waals surface area contributed by atoms with Crippen LogP contribution in [0.3, 0.4) is 0 Å². The molecule has 0 aliphatic heterocycles. The number of esters is 4. The number of rotatable bonds is 70. The predicted molar refractivity (Wildman–Crippen MR) is 372 cm³/mol. The molecule has 17 nitrogen and oxygen atoms in total. The molecule has 0 radical (unpaired) electrons. The maximum Gasteiger partial charge on any atom is 0.472 e. The molecule has 0 bridgehead atoms. The molecular weight excluding hydrogens is 1210 g/mol. The smallest absolute Gasteiger partial charge is 0.462 e. The molecule has 542 valence electrons. The predicted octanol–water partition coefficient (Wildman–Crippen LogP) is 20.7. The molecule has 0 saturated heterocycles. The average Bonchev–Trinajstić information content (AvgIpc) is 1.58. The van der Waals surface area contributed by atoms with Crippen LogP contribution >= 0.6 is 15.6 Å². The van der Waals surface area contributed by atoms with E-state index in [1.807, 2.05) is 0 Å². The molecule has 0 aromatic heterocycles. The van der Waals surface area contributed by atoms with Crippen molar-refractivity contribution in [2.75, 3.05) is 39.6 Å². The lowest BCUT2D eigenvalue weighted by atomic mass is 9.99. The molecule has 7 atom stereocenters. The number of hydrogen-bond acceptors (Lipinski definition) is 15. The Morgan fingerprint density at radius 3 is 0.924 bits per heavy atom. The number of phosphoric acid groups is 2. The molecule has 0 aromatic rings. The highest BCUT2D eigenvalue weighted by Gasteiger charge is 2.30. The first kappa shape index (κ1) is 89.5. The number of carbonyl (C=O) groups is 4. The van der Waals surface area contributed by atoms with Gasteiger partial charge in [0, 0.05) is 25.7 Å². The van der Waals surface area contributed by atoms with Crippen molar-refractivity contribution in [2.45, 2.75) is 368 Å². The summed E-state index contributed by atoms with van der Waals surface area (Å²) in [7, 11) is -9.91. The minimum absolute atomic E-state index is 0.100. The molecule has 0 fully saturated rings. The molecule has 0 aliphatic rings. The van der Waals surface area contributed by atoms with Gasteiger partial charge in [0.15, 0.2) is 12.2 Å². The first-order chi connectivity index (χ1) is 44.4. The lowest BCUT2D eigenvalue weighted by Crippen LogP contribution is -2.30. The largest absolute Gasteiger partial charge is 0.472 e. The lowest BCUT2D eigenvalue weighted by Gasteiger charge is -2.21. The van der Waals surface area contributed by atoms with Crippen molar-refractivity contribution in [2.24, 2.45) is 11.8 Å². The third-order valence-corrected chi connectivity index (χ3v) is 19.0. The Morgan fingerprint density at radius 2 is 0.609 bits per heavy atom. The molecular formula is C73H138O17P2. The van der Waals surface area contributed by atoms with Gasteiger partial charge < -0.3 is 33.8 Å². The van der Waals surface area contributed by atoms with Crippen molar-refractivity contribution in [3.05, 3.63) is 24.3 Å². The molecule has 0 saturated carbocycles. The van der Waals surface area contributed by atoms with Crippen LogP contribution in [0.4, 0.5) is 0 Å². The van der Waals surface area contributed by atoms with E-state index in [4.69, 9.17) is 37.0 Å². The third kappa shape index (κ3) is 63.6. The fraction of sp³-hybridized carbons (Fsp3) is 0.890. The van der Waals surface area contributed by atoms with Gasteiger partial charge in [0.25, 0.3) is 0 Å². The molecule has 19 heteroatoms. The van der Waals surface area contributed by atoms with Crippen LogP contribution in [0.15, 0.2) is 24.3 Å². The number of phosphoric ester groups is 2. The number of allylic oxidation sites excluding steroid dienone is 4. The van der Waals surface area contributed by atoms with Crippen LogP contribution in [0.5, 0.6) is 0 Å². The summed E-state index contributed by atoms with van der Waals surface area (Å²) in [6.07, 6.45) is 53.5. The van der Waals surface area contributed by atoms with Crippen molar-refractivity contribution in [1.82, 2.24) is 0 Å². The first-order valence-electron chi connectivity index (χ1n) is 37.4. The quantitative estimate of drug-likeness (QED) is 0.0169. The summed E-state index contributed by atoms with van der Waals surface area (Å²) in [5, 5.41) is 10.6. The van der Waals surface area contributed by atoms with Gasteiger partial charge in [0.1, 0.15) is 19.3 Å². The molecule has 0 amide bonds. The van der Waals surface area contributed by atoms with Gasteiger partial charge in [-0.3, -0.25) is 37.3 Å². The fourth-order valence-electron chi connectivity index (χ4n) is 10.5. The zero-order valence-corrected chi connectivity index (χ0v) is 61.1. The van der Waals surface area contributed by atoms with E-state index in [-0.39, 0.29) is 25.7 Å². The van der Waals surface area contributed by atoms with Crippen LogP contribution < -0.4 is 0 Å². The molecule has 92 heavy (non-hydrogen) atoms. The summed E-state index contributed by atoms with van der Waals surface area (Å²) in [4.78, 5) is 72.6. The second kappa shape index (κ2) is 64.5. The maximum atomic E-state index is 13.0. The van der Waals surface area contributed by atoms with Crippen molar-refractivity contribution in [3.8, 4) is 0 Å². The Bertz CT molecular complexity index is 1880. The van der Waals surface area contributed by atoms with Crippen LogP contribution in [0.2, 0.25) is 0 Å². The monoisotopic (exact) mass is 1350 g/mol. The number of carbonyl (C=O) groups excluding carboxylic acids is 4. The zero-order chi connectivity index (χ0) is 67.9. The summed E-state index contributed by atoms with van der Waals surface area (Å²) in [6.45, 7) is 9.49. The molecule has 3 N–H and O–H groups in total. The van der Waals surface area contributed by atoms with Gasteiger partial charge in [-0.1, -0.05) is 297 Å². The van der Waals surface area contributed by atoms with Gasteiger partial charge in [-0.25, -0.2) is 9.13 Å². The summed E-state index contributed by atoms with van der Waals surface area (Å²) >= 11 is 0. The summed E-state index contributed by atoms with van der Waals surface area (Å²) < 4.78 is 68.3. The molecule has 0 aliphatic carbocycles. The van der Waals surface area contributed by atoms with Crippen LogP contribution in [0.1, 0.15) is 350 Å². The molecule has 0 heterocycles. The third-order valence-electron chi connectivity index (χ3n) is 17.1. The number of ether oxygens (including phenoxy) is 4. The molecule has 0 aromatic carbocycles. The van der Waals surface area contributed by atoms with Crippen molar-refractivity contribution >= 4 is 39.5 Å². The lowest BCUT2D eigenvalue weighted by molar-refractivity contribution is -0.161. The van der Waals surface area contributed by atoms with E-state index in [1.165, 1.54) is 148 Å². The Morgan fingerprint density at radius 1 is 0.348 bits per heavy atom. The zero-order valence-electron chi connectivity index (χ0n) is 59.3. The Labute approximate surface area is 561 Å². The highest BCUT2D eigenvalue weighted by atomic mass is 31.2. The number of unbranched alkanes of at least 4 members (excludes halogenated alkanes) is 35. The second-order valence-electron chi connectivity index (χ2n) is 26.1. The Balaban J connectivity index is 5.26. The van der Waals surface area contributed by atoms with E-state index in [1.54, 1.807) is 0 Å². The minimum atomic E-state index is -4.96. The van der Waals surface area contributed by atoms with Crippen molar-refractivity contribution < 1.29 is 80.2 Å². The van der Waals surface area contributed by atoms with E-state index >= 15 is 0 Å². The SMILES string of the molecule is CCCCCC/C=C\C=C/CCCCCCCC(=O)OC[C@H](COP(=O)(O)OC[C@@H](O)COP(=O)(O)OC[C@@H](COC(=O)CCCCCCCCCCC)OC(=O)CCCCCCCCC(C)CC)OC(=O)CCCCCCCCCCCCCCCCC(C)CC. The average molecular weight is 1350 g/mol. The van der Waals surface area contributed by atoms with E-state index in [0.29, 0.717) is 25.7 Å². The van der Waals surface area contributed by atoms with E-state index in [9.17, 15) is 43.2 Å². The second-order valence-corrected chi connectivity index (χ2v) is 29.0. The number of aliphatic hydroxyl groups is 1. The molecule has 0 rings (SSSR count). The highest BCUT2D eigenvalue weighted by molar-refractivity contribution is 7.47. The summed E-state index contributed by atoms with van der Waals surface area (Å²) in [5.74, 6) is -0.592. The van der Waals surface area contributed by atoms with E-state index in [2.05, 4.69) is 65.8 Å². The van der Waals surface area contributed by atoms with E-state index < -0.39 is 97.5 Å². The van der Waals surface area contributed by atoms with Gasteiger partial charge >= 0.3 is 39.5 Å². The van der Waals surface area contributed by atoms with Gasteiger partial charge in [-0.05, 0) is 63.2 Å². The standard InChI is InChI=1S/C73H138O17P2/c1-7-11-13-15-17-19-20-21-22-26-29-33-37-44-50-56-71(76)84-61-68(89-72(77)57-51-45-38-34-30-27-24-23-25-28-32-35-41-47-53-65(5)9-3)63-87-91(79,80)85-59-67(74)60-86-92(81,82)88-64-69(62-83-70(75)55-49-43-36-31-18-16-14-12-8-2)90-73(78)58-52-46-40-39-42-48-54-66(6)10-4/h19-22,65-69,74H,7-18,23-64H2,1-6H3,(H,79,80)(H,81,82)/b20-19-,22-21-/t65?,66?,67-,68-,69-/m1/s1. The van der Waals surface area contributed by atoms with Crippen LogP contribution in [0, 0.1) is 11.8 Å². The fourth-order valence-corrected chi connectivity index (χ4v) is 12.1. The van der Waals surface area contributed by atoms with Gasteiger partial charge in [0.2, 0.25) is 0 Å². The van der Waals surface area contributed by atoms with Crippen molar-refractivity contribution in [3.63, 3.8) is 0 Å². The number of aliphatic hydroxyl groups excluding tert-OH is 1. The normalized spacial score (nSPS) is 14.8. The highest BCUT2D eigenvalue weighted by Crippen LogP contribution is 2.45. The molecule has 4 unspecified atom stereocenters. The minimum Gasteiger partial charge on any atom is -0.462 e. The van der Waals surface area contributed by atoms with Crippen molar-refractivity contribution in [1.29, 1.82) is 0 Å². The molecule has 0 spiro atoms. The first-order valence-corrected chi connectivity index (χ1v) is 40.4. The van der Waals surface area contributed by atoms with Gasteiger partial charge in [-0.2, -0.15) is 0 Å². The van der Waals surface area contributed by atoms with Gasteiger partial charge in [0.05, 0.1) is 26.4 Å². The van der Waals surface area contributed by atoms with Crippen LogP contribution in [-0.2, 0) is 65.4 Å². The Hall–Kier alpha value is -2.46. The van der Waals surface area contributed by atoms with Crippen LogP contribution in [-0.4, -0.2) is 96.7 Å². The van der Waals surface area contributed by atoms with Gasteiger partial charge in [-0.15, -0.1) is 0 Å². The van der Waals surface area contributed by atoms with Crippen LogP contribution in [0.25, 0.3) is 0 Å². The number of hydrogen-bond donors (Lipinski definition) is 3. The topological polar surface area (TPSA) is 237 Å². The summed E-state index contributed by atoms with van der Waals surface area (Å²) in [6, 6.07) is 0. The Kier molecular flexibility index (Phi) is 62.8.